The number of aromatic amines is 1. The summed E-state index contributed by atoms with van der Waals surface area (Å²) in [6, 6.07) is 6.85. The number of fused-ring (bicyclic) bond motifs is 1. The molecule has 106 valence electrons. The molecule has 1 aromatic carbocycles. The Morgan fingerprint density at radius 1 is 1.35 bits per heavy atom. The maximum atomic E-state index is 12.0. The third-order valence-corrected chi connectivity index (χ3v) is 2.94. The third kappa shape index (κ3) is 2.65. The second kappa shape index (κ2) is 5.75. The van der Waals surface area contributed by atoms with Crippen LogP contribution >= 0.6 is 12.4 Å². The van der Waals surface area contributed by atoms with Gasteiger partial charge in [0, 0.05) is 23.5 Å². The predicted molar refractivity (Wildman–Crippen MR) is 79.6 cm³/mol. The number of Topliss-reactive ketones (excluding diaryl/α,β-unsaturated/α-hetero) is 1. The zero-order chi connectivity index (χ0) is 14.2. The average molecular weight is 295 g/mol. The van der Waals surface area contributed by atoms with Crippen molar-refractivity contribution in [1.29, 1.82) is 5.41 Å². The number of nitrogens with two attached hydrogens (primary N) is 1. The summed E-state index contributed by atoms with van der Waals surface area (Å²) in [5, 5.41) is 7.93. The van der Waals surface area contributed by atoms with Crippen LogP contribution in [0.5, 0.6) is 0 Å². The van der Waals surface area contributed by atoms with Crippen LogP contribution in [0.2, 0.25) is 0 Å². The molecule has 0 spiro atoms. The highest BCUT2D eigenvalue weighted by molar-refractivity contribution is 6.10. The van der Waals surface area contributed by atoms with Gasteiger partial charge in [-0.25, -0.2) is 0 Å². The highest BCUT2D eigenvalue weighted by atomic mass is 35.5. The summed E-state index contributed by atoms with van der Waals surface area (Å²) in [7, 11) is 1.42. The van der Waals surface area contributed by atoms with Crippen molar-refractivity contribution < 1.29 is 9.59 Å². The zero-order valence-corrected chi connectivity index (χ0v) is 11.9. The topological polar surface area (TPSA) is 103 Å². The molecule has 0 saturated heterocycles. The number of guanidine groups is 1. The second-order valence-electron chi connectivity index (χ2n) is 4.26. The van der Waals surface area contributed by atoms with E-state index in [0.29, 0.717) is 22.2 Å². The van der Waals surface area contributed by atoms with Crippen LogP contribution in [0, 0.1) is 5.41 Å². The Kier molecular flexibility index (Phi) is 4.52. The molecule has 2 aromatic rings. The van der Waals surface area contributed by atoms with E-state index in [9.17, 15) is 9.59 Å². The number of hydrogen-bond donors (Lipinski definition) is 3. The van der Waals surface area contributed by atoms with E-state index in [1.165, 1.54) is 14.0 Å². The number of H-pyrrole nitrogens is 1. The fourth-order valence-corrected chi connectivity index (χ4v) is 1.87. The highest BCUT2D eigenvalue weighted by Crippen LogP contribution is 2.21. The maximum absolute atomic E-state index is 12.0. The monoisotopic (exact) mass is 294 g/mol. The molecule has 0 radical (unpaired) electrons. The highest BCUT2D eigenvalue weighted by Gasteiger charge is 2.17. The number of rotatable bonds is 2. The van der Waals surface area contributed by atoms with E-state index in [4.69, 9.17) is 11.1 Å². The van der Waals surface area contributed by atoms with Crippen molar-refractivity contribution >= 4 is 41.0 Å². The fourth-order valence-electron chi connectivity index (χ4n) is 1.87. The lowest BCUT2D eigenvalue weighted by Gasteiger charge is -2.12. The Morgan fingerprint density at radius 3 is 2.55 bits per heavy atom. The second-order valence-corrected chi connectivity index (χ2v) is 4.26. The predicted octanol–water partition coefficient (Wildman–Crippen LogP) is 1.76. The molecule has 0 unspecified atom stereocenters. The Hall–Kier alpha value is -2.34. The van der Waals surface area contributed by atoms with Crippen molar-refractivity contribution in [3.63, 3.8) is 0 Å². The van der Waals surface area contributed by atoms with Crippen molar-refractivity contribution in [1.82, 2.24) is 9.88 Å². The fraction of sp³-hybridized carbons (Fsp3) is 0.154. The number of carbonyl (C=O) groups is 2. The molecule has 7 heteroatoms. The summed E-state index contributed by atoms with van der Waals surface area (Å²) in [4.78, 5) is 27.5. The minimum absolute atomic E-state index is 0. The molecule has 20 heavy (non-hydrogen) atoms. The number of nitrogens with one attached hydrogen (secondary N) is 2. The molecule has 0 aliphatic heterocycles. The van der Waals surface area contributed by atoms with Crippen LogP contribution in [0.1, 0.15) is 27.8 Å². The molecule has 1 aromatic heterocycles. The van der Waals surface area contributed by atoms with Gasteiger partial charge in [0.1, 0.15) is 5.69 Å². The Labute approximate surface area is 121 Å². The van der Waals surface area contributed by atoms with Gasteiger partial charge in [0.15, 0.2) is 11.7 Å². The average Bonchev–Trinajstić information content (AvgIpc) is 2.79. The van der Waals surface area contributed by atoms with Crippen LogP contribution in [0.3, 0.4) is 0 Å². The van der Waals surface area contributed by atoms with Crippen molar-refractivity contribution in [3.8, 4) is 0 Å². The summed E-state index contributed by atoms with van der Waals surface area (Å²) in [5.41, 5.74) is 6.82. The number of benzene rings is 1. The molecule has 0 atom stereocenters. The quantitative estimate of drug-likeness (QED) is 0.446. The summed E-state index contributed by atoms with van der Waals surface area (Å²) >= 11 is 0. The molecule has 0 fully saturated rings. The van der Waals surface area contributed by atoms with E-state index in [-0.39, 0.29) is 24.1 Å². The van der Waals surface area contributed by atoms with Gasteiger partial charge in [-0.15, -0.1) is 12.4 Å². The van der Waals surface area contributed by atoms with Crippen molar-refractivity contribution in [2.24, 2.45) is 5.73 Å². The minimum Gasteiger partial charge on any atom is -0.370 e. The van der Waals surface area contributed by atoms with E-state index >= 15 is 0 Å². The van der Waals surface area contributed by atoms with Crippen LogP contribution in [0.25, 0.3) is 10.9 Å². The first-order valence-electron chi connectivity index (χ1n) is 5.66. The Balaban J connectivity index is 0.00000200. The SMILES string of the molecule is CC(=O)c1cccc2[nH]c(C(=O)N(C)C(=N)N)cc12.Cl. The van der Waals surface area contributed by atoms with Gasteiger partial charge < -0.3 is 10.7 Å². The van der Waals surface area contributed by atoms with E-state index in [0.717, 1.165) is 4.90 Å². The van der Waals surface area contributed by atoms with E-state index in [1.807, 2.05) is 0 Å². The van der Waals surface area contributed by atoms with Gasteiger partial charge in [-0.2, -0.15) is 0 Å². The van der Waals surface area contributed by atoms with Gasteiger partial charge >= 0.3 is 0 Å². The summed E-state index contributed by atoms with van der Waals surface area (Å²) in [6.45, 7) is 1.48. The Bertz CT molecular complexity index is 693. The van der Waals surface area contributed by atoms with Crippen LogP contribution in [0.15, 0.2) is 24.3 Å². The first-order chi connectivity index (χ1) is 8.91. The van der Waals surface area contributed by atoms with Crippen molar-refractivity contribution in [2.45, 2.75) is 6.92 Å². The lowest BCUT2D eigenvalue weighted by Crippen LogP contribution is -2.38. The normalized spacial score (nSPS) is 9.90. The third-order valence-electron chi connectivity index (χ3n) is 2.94. The number of ketones is 1. The lowest BCUT2D eigenvalue weighted by atomic mass is 10.1. The smallest absolute Gasteiger partial charge is 0.276 e. The molecule has 1 amide bonds. The van der Waals surface area contributed by atoms with Crippen LogP contribution in [0.4, 0.5) is 0 Å². The number of hydrogen-bond acceptors (Lipinski definition) is 3. The van der Waals surface area contributed by atoms with Gasteiger partial charge in [0.05, 0.1) is 0 Å². The zero-order valence-electron chi connectivity index (χ0n) is 11.1. The standard InChI is InChI=1S/C13H14N4O2.ClH/c1-7(18)8-4-3-5-10-9(8)6-11(16-10)12(19)17(2)13(14)15;/h3-6,16H,1-2H3,(H3,14,15);1H. The minimum atomic E-state index is -0.418. The molecule has 0 bridgehead atoms. The van der Waals surface area contributed by atoms with Gasteiger partial charge in [-0.3, -0.25) is 19.9 Å². The molecule has 6 nitrogen and oxygen atoms in total. The van der Waals surface area contributed by atoms with Crippen LogP contribution in [-0.4, -0.2) is 34.6 Å². The Morgan fingerprint density at radius 2 is 2.00 bits per heavy atom. The van der Waals surface area contributed by atoms with E-state index in [2.05, 4.69) is 4.98 Å². The molecule has 1 heterocycles. The van der Waals surface area contributed by atoms with Gasteiger partial charge in [0.2, 0.25) is 0 Å². The van der Waals surface area contributed by atoms with Crippen molar-refractivity contribution in [2.75, 3.05) is 7.05 Å². The first kappa shape index (κ1) is 15.7. The largest absolute Gasteiger partial charge is 0.370 e. The number of aromatic nitrogens is 1. The maximum Gasteiger partial charge on any atom is 0.276 e. The number of nitrogens with zero attached hydrogens (tertiary/aromatic N) is 1. The molecule has 0 aliphatic rings. The van der Waals surface area contributed by atoms with Gasteiger partial charge in [0.25, 0.3) is 5.91 Å². The molecule has 4 N–H and O–H groups in total. The molecule has 0 aliphatic carbocycles. The van der Waals surface area contributed by atoms with Gasteiger partial charge in [-0.05, 0) is 19.1 Å². The molecular formula is C13H15ClN4O2. The number of carbonyl (C=O) groups excluding carboxylic acids is 2. The van der Waals surface area contributed by atoms with Crippen LogP contribution in [-0.2, 0) is 0 Å². The first-order valence-corrected chi connectivity index (χ1v) is 5.66. The van der Waals surface area contributed by atoms with Crippen molar-refractivity contribution in [3.05, 3.63) is 35.5 Å². The number of amides is 1. The summed E-state index contributed by atoms with van der Waals surface area (Å²) in [6.07, 6.45) is 0. The van der Waals surface area contributed by atoms with E-state index < -0.39 is 5.91 Å². The summed E-state index contributed by atoms with van der Waals surface area (Å²) < 4.78 is 0. The van der Waals surface area contributed by atoms with Crippen LogP contribution < -0.4 is 5.73 Å². The number of halogens is 1. The molecule has 0 saturated carbocycles. The molecular weight excluding hydrogens is 280 g/mol. The van der Waals surface area contributed by atoms with E-state index in [1.54, 1.807) is 24.3 Å². The molecule has 2 rings (SSSR count). The summed E-state index contributed by atoms with van der Waals surface area (Å²) in [5.74, 6) is -0.822. The van der Waals surface area contributed by atoms with Gasteiger partial charge in [-0.1, -0.05) is 12.1 Å². The lowest BCUT2D eigenvalue weighted by molar-refractivity contribution is 0.0864.